The van der Waals surface area contributed by atoms with Gasteiger partial charge in [-0.1, -0.05) is 30.3 Å². The zero-order valence-corrected chi connectivity index (χ0v) is 12.5. The van der Waals surface area contributed by atoms with Crippen LogP contribution in [0.3, 0.4) is 0 Å². The maximum atomic E-state index is 11.3. The summed E-state index contributed by atoms with van der Waals surface area (Å²) < 4.78 is 5.65. The fourth-order valence-corrected chi connectivity index (χ4v) is 1.59. The molecule has 0 radical (unpaired) electrons. The second-order valence-electron chi connectivity index (χ2n) is 4.89. The summed E-state index contributed by atoms with van der Waals surface area (Å²) in [6.07, 6.45) is 0. The summed E-state index contributed by atoms with van der Waals surface area (Å²) in [7, 11) is 0. The minimum Gasteiger partial charge on any atom is -0.476 e. The van der Waals surface area contributed by atoms with Crippen molar-refractivity contribution in [2.45, 2.75) is 19.4 Å². The van der Waals surface area contributed by atoms with Gasteiger partial charge in [-0.3, -0.25) is 4.79 Å². The summed E-state index contributed by atoms with van der Waals surface area (Å²) in [4.78, 5) is 11.3. The average molecular weight is 303 g/mol. The third kappa shape index (κ3) is 4.13. The highest BCUT2D eigenvalue weighted by molar-refractivity contribution is 6.65. The molecule has 0 bridgehead atoms. The second kappa shape index (κ2) is 6.50. The zero-order chi connectivity index (χ0) is 15.3. The fraction of sp³-hybridized carbons (Fsp3) is 0.188. The van der Waals surface area contributed by atoms with Gasteiger partial charge in [0.2, 0.25) is 0 Å². The van der Waals surface area contributed by atoms with E-state index in [1.54, 1.807) is 32.0 Å². The molecule has 0 aliphatic heterocycles. The number of ether oxygens (including phenoxy) is 1. The molecule has 0 aromatic heterocycles. The Bertz CT molecular complexity index is 654. The quantitative estimate of drug-likeness (QED) is 0.575. The van der Waals surface area contributed by atoms with E-state index in [9.17, 15) is 4.79 Å². The van der Waals surface area contributed by atoms with E-state index in [0.29, 0.717) is 11.4 Å². The Balaban J connectivity index is 2.25. The Labute approximate surface area is 128 Å². The van der Waals surface area contributed by atoms with Gasteiger partial charge in [0.15, 0.2) is 5.60 Å². The van der Waals surface area contributed by atoms with Gasteiger partial charge in [0.1, 0.15) is 11.4 Å². The van der Waals surface area contributed by atoms with Crippen molar-refractivity contribution >= 4 is 28.2 Å². The van der Waals surface area contributed by atoms with Crippen LogP contribution in [0.1, 0.15) is 13.8 Å². The van der Waals surface area contributed by atoms with Gasteiger partial charge in [0.05, 0.1) is 5.69 Å². The van der Waals surface area contributed by atoms with E-state index in [2.05, 4.69) is 10.2 Å². The molecule has 0 spiro atoms. The fourth-order valence-electron chi connectivity index (χ4n) is 1.55. The predicted molar refractivity (Wildman–Crippen MR) is 82.6 cm³/mol. The molecule has 0 saturated carbocycles. The molecule has 2 aromatic carbocycles. The molecule has 0 N–H and O–H groups in total. The summed E-state index contributed by atoms with van der Waals surface area (Å²) in [6.45, 7) is 3.21. The van der Waals surface area contributed by atoms with Crippen LogP contribution in [0.5, 0.6) is 5.75 Å². The number of rotatable bonds is 5. The molecule has 5 heteroatoms. The van der Waals surface area contributed by atoms with Crippen molar-refractivity contribution in [2.24, 2.45) is 10.2 Å². The molecule has 0 aliphatic rings. The van der Waals surface area contributed by atoms with Crippen molar-refractivity contribution in [1.29, 1.82) is 0 Å². The normalized spacial score (nSPS) is 11.6. The third-order valence-corrected chi connectivity index (χ3v) is 3.19. The number of nitrogens with zero attached hydrogens (tertiary/aromatic N) is 2. The van der Waals surface area contributed by atoms with Gasteiger partial charge < -0.3 is 4.74 Å². The van der Waals surface area contributed by atoms with Gasteiger partial charge in [-0.25, -0.2) is 0 Å². The van der Waals surface area contributed by atoms with E-state index >= 15 is 0 Å². The highest BCUT2D eigenvalue weighted by Gasteiger charge is 2.28. The molecular formula is C16H15ClN2O2. The lowest BCUT2D eigenvalue weighted by Gasteiger charge is -2.22. The van der Waals surface area contributed by atoms with Crippen LogP contribution in [0.25, 0.3) is 0 Å². The lowest BCUT2D eigenvalue weighted by Crippen LogP contribution is -2.34. The Kier molecular flexibility index (Phi) is 4.70. The van der Waals surface area contributed by atoms with Gasteiger partial charge in [-0.2, -0.15) is 5.11 Å². The van der Waals surface area contributed by atoms with Gasteiger partial charge in [-0.15, -0.1) is 5.11 Å². The summed E-state index contributed by atoms with van der Waals surface area (Å²) >= 11 is 5.53. The number of hydrogen-bond donors (Lipinski definition) is 0. The zero-order valence-electron chi connectivity index (χ0n) is 11.8. The van der Waals surface area contributed by atoms with Crippen molar-refractivity contribution in [3.05, 3.63) is 54.6 Å². The Hall–Kier alpha value is -2.20. The molecule has 108 valence electrons. The predicted octanol–water partition coefficient (Wildman–Crippen LogP) is 5.02. The largest absolute Gasteiger partial charge is 0.476 e. The lowest BCUT2D eigenvalue weighted by molar-refractivity contribution is -0.123. The first-order chi connectivity index (χ1) is 9.99. The highest BCUT2D eigenvalue weighted by atomic mass is 35.5. The molecule has 0 heterocycles. The monoisotopic (exact) mass is 302 g/mol. The van der Waals surface area contributed by atoms with Gasteiger partial charge in [0, 0.05) is 0 Å². The molecule has 0 amide bonds. The number of azo groups is 1. The van der Waals surface area contributed by atoms with E-state index in [0.717, 1.165) is 5.69 Å². The summed E-state index contributed by atoms with van der Waals surface area (Å²) in [6, 6.07) is 16.5. The van der Waals surface area contributed by atoms with Crippen molar-refractivity contribution in [2.75, 3.05) is 0 Å². The minimum absolute atomic E-state index is 0.455. The van der Waals surface area contributed by atoms with Crippen LogP contribution in [-0.2, 0) is 4.79 Å². The standard InChI is InChI=1S/C16H15ClN2O2/c1-16(2,15(17)20)21-14-11-7-6-10-13(14)19-18-12-8-4-3-5-9-12/h3-11H,1-2H3/b19-18+. The van der Waals surface area contributed by atoms with Crippen LogP contribution in [0.15, 0.2) is 64.8 Å². The Morgan fingerprint density at radius 1 is 1.00 bits per heavy atom. The van der Waals surface area contributed by atoms with Crippen molar-refractivity contribution in [3.8, 4) is 5.75 Å². The molecule has 0 aliphatic carbocycles. The van der Waals surface area contributed by atoms with Gasteiger partial charge in [0.25, 0.3) is 5.24 Å². The van der Waals surface area contributed by atoms with Gasteiger partial charge >= 0.3 is 0 Å². The van der Waals surface area contributed by atoms with Crippen LogP contribution < -0.4 is 4.74 Å². The smallest absolute Gasteiger partial charge is 0.264 e. The first kappa shape index (κ1) is 15.2. The number of halogens is 1. The second-order valence-corrected chi connectivity index (χ2v) is 5.23. The number of para-hydroxylation sites is 1. The first-order valence-corrected chi connectivity index (χ1v) is 6.81. The maximum absolute atomic E-state index is 11.3. The first-order valence-electron chi connectivity index (χ1n) is 6.44. The topological polar surface area (TPSA) is 51.0 Å². The summed E-state index contributed by atoms with van der Waals surface area (Å²) in [5, 5.41) is 7.73. The Morgan fingerprint density at radius 2 is 1.62 bits per heavy atom. The molecule has 4 nitrogen and oxygen atoms in total. The minimum atomic E-state index is -1.13. The average Bonchev–Trinajstić information content (AvgIpc) is 2.47. The molecule has 21 heavy (non-hydrogen) atoms. The van der Waals surface area contributed by atoms with E-state index < -0.39 is 10.8 Å². The van der Waals surface area contributed by atoms with Crippen molar-refractivity contribution in [1.82, 2.24) is 0 Å². The molecule has 2 aromatic rings. The van der Waals surface area contributed by atoms with Gasteiger partial charge in [-0.05, 0) is 49.7 Å². The lowest BCUT2D eigenvalue weighted by atomic mass is 10.1. The maximum Gasteiger partial charge on any atom is 0.264 e. The van der Waals surface area contributed by atoms with Crippen molar-refractivity contribution < 1.29 is 9.53 Å². The van der Waals surface area contributed by atoms with E-state index in [1.165, 1.54) is 0 Å². The molecule has 0 atom stereocenters. The van der Waals surface area contributed by atoms with Crippen LogP contribution >= 0.6 is 11.6 Å². The Morgan fingerprint density at radius 3 is 2.29 bits per heavy atom. The number of carbonyl (C=O) groups is 1. The molecule has 0 fully saturated rings. The highest BCUT2D eigenvalue weighted by Crippen LogP contribution is 2.32. The third-order valence-electron chi connectivity index (χ3n) is 2.73. The SMILES string of the molecule is CC(C)(Oc1ccccc1/N=N/c1ccccc1)C(=O)Cl. The van der Waals surface area contributed by atoms with Crippen LogP contribution in [0, 0.1) is 0 Å². The summed E-state index contributed by atoms with van der Waals surface area (Å²) in [5.41, 5.74) is 0.146. The molecule has 2 rings (SSSR count). The van der Waals surface area contributed by atoms with Crippen LogP contribution in [-0.4, -0.2) is 10.8 Å². The molecule has 0 saturated heterocycles. The van der Waals surface area contributed by atoms with E-state index in [1.807, 2.05) is 36.4 Å². The molecule has 0 unspecified atom stereocenters. The number of hydrogen-bond acceptors (Lipinski definition) is 4. The van der Waals surface area contributed by atoms with Crippen molar-refractivity contribution in [3.63, 3.8) is 0 Å². The number of benzene rings is 2. The van der Waals surface area contributed by atoms with Crippen LogP contribution in [0.2, 0.25) is 0 Å². The van der Waals surface area contributed by atoms with E-state index in [-0.39, 0.29) is 0 Å². The van der Waals surface area contributed by atoms with Crippen LogP contribution in [0.4, 0.5) is 11.4 Å². The van der Waals surface area contributed by atoms with E-state index in [4.69, 9.17) is 16.3 Å². The number of carbonyl (C=O) groups excluding carboxylic acids is 1. The summed E-state index contributed by atoms with van der Waals surface area (Å²) in [5.74, 6) is 0.455. The molecular weight excluding hydrogens is 288 g/mol.